The lowest BCUT2D eigenvalue weighted by Gasteiger charge is -2.49. The van der Waals surface area contributed by atoms with Crippen molar-refractivity contribution in [2.75, 3.05) is 12.4 Å². The fourth-order valence-corrected chi connectivity index (χ4v) is 4.58. The van der Waals surface area contributed by atoms with Crippen LogP contribution >= 0.6 is 11.8 Å². The van der Waals surface area contributed by atoms with Crippen LogP contribution in [0.25, 0.3) is 0 Å². The Bertz CT molecular complexity index is 1030. The van der Waals surface area contributed by atoms with Gasteiger partial charge in [0.15, 0.2) is 5.71 Å². The number of nitrogens with one attached hydrogen (secondary N) is 1. The molecule has 12 heteroatoms. The molecule has 11 nitrogen and oxygen atoms in total. The van der Waals surface area contributed by atoms with E-state index in [0.717, 1.165) is 0 Å². The number of oxime groups is 1. The number of aromatic nitrogens is 1. The van der Waals surface area contributed by atoms with Crippen LogP contribution in [0.3, 0.4) is 0 Å². The molecule has 1 saturated heterocycles. The lowest BCUT2D eigenvalue weighted by molar-refractivity contribution is -0.159. The monoisotopic (exact) mass is 476 g/mol. The zero-order chi connectivity index (χ0) is 24.3. The first-order chi connectivity index (χ1) is 15.5. The van der Waals surface area contributed by atoms with Crippen molar-refractivity contribution < 1.29 is 33.9 Å². The van der Waals surface area contributed by atoms with E-state index >= 15 is 0 Å². The molecule has 0 radical (unpaired) electrons. The minimum Gasteiger partial charge on any atom is -0.461 e. The summed E-state index contributed by atoms with van der Waals surface area (Å²) in [5.74, 6) is -2.24. The molecule has 1 aromatic rings. The van der Waals surface area contributed by atoms with E-state index < -0.39 is 40.8 Å². The zero-order valence-corrected chi connectivity index (χ0v) is 19.3. The second kappa shape index (κ2) is 9.61. The summed E-state index contributed by atoms with van der Waals surface area (Å²) in [6, 6.07) is 2.03. The third kappa shape index (κ3) is 5.33. The Morgan fingerprint density at radius 3 is 2.55 bits per heavy atom. The van der Waals surface area contributed by atoms with Gasteiger partial charge in [-0.1, -0.05) is 5.16 Å². The molecule has 0 aliphatic carbocycles. The van der Waals surface area contributed by atoms with Crippen LogP contribution in [0.5, 0.6) is 0 Å². The SMILES string of the molecule is CC(=O)OCC1=C(C(=O)OC(C)(C)C)N2C(=O)[C@@H](NC(=O)C(=NO)c3ccncc3)[C@H]2SC1. The van der Waals surface area contributed by atoms with Gasteiger partial charge in [0, 0.05) is 36.2 Å². The number of ether oxygens (including phenoxy) is 2. The molecule has 3 rings (SSSR count). The van der Waals surface area contributed by atoms with Crippen LogP contribution in [0, 0.1) is 0 Å². The molecule has 2 aliphatic rings. The molecule has 0 spiro atoms. The molecule has 3 heterocycles. The van der Waals surface area contributed by atoms with Gasteiger partial charge in [-0.3, -0.25) is 24.3 Å². The van der Waals surface area contributed by atoms with Gasteiger partial charge in [-0.15, -0.1) is 11.8 Å². The van der Waals surface area contributed by atoms with Gasteiger partial charge in [0.2, 0.25) is 0 Å². The highest BCUT2D eigenvalue weighted by Crippen LogP contribution is 2.41. The minimum atomic E-state index is -0.950. The van der Waals surface area contributed by atoms with Crippen molar-refractivity contribution in [2.45, 2.75) is 44.7 Å². The number of fused-ring (bicyclic) bond motifs is 1. The standard InChI is InChI=1S/C21H24N4O7S/c1-11(26)31-9-13-10-33-19-15(18(28)25(19)16(13)20(29)32-21(2,3)4)23-17(27)14(24-30)12-5-7-22-8-6-12/h5-8,15,19,30H,9-10H2,1-4H3,(H,23,27)/t15-,19-/m1/s1. The molecule has 0 bridgehead atoms. The van der Waals surface area contributed by atoms with Crippen molar-refractivity contribution in [2.24, 2.45) is 5.16 Å². The topological polar surface area (TPSA) is 147 Å². The number of rotatable bonds is 6. The van der Waals surface area contributed by atoms with Gasteiger partial charge in [-0.2, -0.15) is 0 Å². The van der Waals surface area contributed by atoms with Crippen molar-refractivity contribution in [3.05, 3.63) is 41.4 Å². The fourth-order valence-electron chi connectivity index (χ4n) is 3.25. The van der Waals surface area contributed by atoms with Crippen LogP contribution in [0.1, 0.15) is 33.3 Å². The predicted octanol–water partition coefficient (Wildman–Crippen LogP) is 0.819. The third-order valence-corrected chi connectivity index (χ3v) is 5.98. The van der Waals surface area contributed by atoms with Crippen LogP contribution in [-0.4, -0.2) is 73.9 Å². The van der Waals surface area contributed by atoms with Gasteiger partial charge in [0.1, 0.15) is 29.3 Å². The number of carbonyl (C=O) groups is 4. The van der Waals surface area contributed by atoms with E-state index in [1.807, 2.05) is 0 Å². The molecular formula is C21H24N4O7S. The summed E-state index contributed by atoms with van der Waals surface area (Å²) in [4.78, 5) is 54.9. The van der Waals surface area contributed by atoms with Gasteiger partial charge in [0.25, 0.3) is 11.8 Å². The molecule has 0 saturated carbocycles. The fraction of sp³-hybridized carbons (Fsp3) is 0.429. The largest absolute Gasteiger partial charge is 0.461 e. The first-order valence-electron chi connectivity index (χ1n) is 10.00. The molecule has 0 aromatic carbocycles. The van der Waals surface area contributed by atoms with Crippen LogP contribution in [-0.2, 0) is 28.7 Å². The first-order valence-corrected chi connectivity index (χ1v) is 11.0. The summed E-state index contributed by atoms with van der Waals surface area (Å²) in [6.07, 6.45) is 2.87. The number of hydrogen-bond donors (Lipinski definition) is 2. The Hall–Kier alpha value is -3.41. The lowest BCUT2D eigenvalue weighted by atomic mass is 10.0. The predicted molar refractivity (Wildman–Crippen MR) is 117 cm³/mol. The van der Waals surface area contributed by atoms with Crippen molar-refractivity contribution >= 4 is 41.2 Å². The maximum Gasteiger partial charge on any atom is 0.355 e. The van der Waals surface area contributed by atoms with Crippen LogP contribution in [0.2, 0.25) is 0 Å². The minimum absolute atomic E-state index is 0.00982. The molecule has 2 atom stereocenters. The number of thioether (sulfide) groups is 1. The zero-order valence-electron chi connectivity index (χ0n) is 18.5. The molecule has 2 amide bonds. The highest BCUT2D eigenvalue weighted by molar-refractivity contribution is 8.00. The Morgan fingerprint density at radius 2 is 1.97 bits per heavy atom. The van der Waals surface area contributed by atoms with E-state index in [1.165, 1.54) is 48.1 Å². The Kier molecular flexibility index (Phi) is 7.06. The molecule has 33 heavy (non-hydrogen) atoms. The van der Waals surface area contributed by atoms with E-state index in [-0.39, 0.29) is 23.8 Å². The smallest absolute Gasteiger partial charge is 0.355 e. The second-order valence-corrected chi connectivity index (χ2v) is 9.38. The highest BCUT2D eigenvalue weighted by atomic mass is 32.2. The van der Waals surface area contributed by atoms with Gasteiger partial charge >= 0.3 is 11.9 Å². The van der Waals surface area contributed by atoms with Crippen molar-refractivity contribution in [3.63, 3.8) is 0 Å². The van der Waals surface area contributed by atoms with Crippen molar-refractivity contribution in [3.8, 4) is 0 Å². The summed E-state index contributed by atoms with van der Waals surface area (Å²) in [6.45, 7) is 6.18. The van der Waals surface area contributed by atoms with E-state index in [2.05, 4.69) is 15.5 Å². The quantitative estimate of drug-likeness (QED) is 0.200. The molecule has 2 aliphatic heterocycles. The number of esters is 2. The first kappa shape index (κ1) is 24.2. The van der Waals surface area contributed by atoms with Crippen molar-refractivity contribution in [1.82, 2.24) is 15.2 Å². The maximum absolute atomic E-state index is 13.0. The Labute approximate surface area is 194 Å². The highest BCUT2D eigenvalue weighted by Gasteiger charge is 2.55. The normalized spacial score (nSPS) is 20.5. The van der Waals surface area contributed by atoms with Gasteiger partial charge in [0.05, 0.1) is 0 Å². The number of pyridine rings is 1. The Balaban J connectivity index is 1.82. The number of carbonyl (C=O) groups excluding carboxylic acids is 4. The summed E-state index contributed by atoms with van der Waals surface area (Å²) < 4.78 is 10.5. The van der Waals surface area contributed by atoms with Crippen LogP contribution in [0.4, 0.5) is 0 Å². The number of hydrogen-bond acceptors (Lipinski definition) is 10. The Morgan fingerprint density at radius 1 is 1.30 bits per heavy atom. The van der Waals surface area contributed by atoms with Crippen LogP contribution in [0.15, 0.2) is 41.0 Å². The summed E-state index contributed by atoms with van der Waals surface area (Å²) in [7, 11) is 0. The van der Waals surface area contributed by atoms with E-state index in [0.29, 0.717) is 11.1 Å². The lowest BCUT2D eigenvalue weighted by Crippen LogP contribution is -2.71. The average molecular weight is 477 g/mol. The van der Waals surface area contributed by atoms with Crippen molar-refractivity contribution in [1.29, 1.82) is 0 Å². The maximum atomic E-state index is 13.0. The van der Waals surface area contributed by atoms with Gasteiger partial charge in [-0.25, -0.2) is 4.79 Å². The van der Waals surface area contributed by atoms with Gasteiger partial charge < -0.3 is 20.0 Å². The molecule has 2 N–H and O–H groups in total. The summed E-state index contributed by atoms with van der Waals surface area (Å²) in [5, 5.41) is 14.3. The molecule has 1 aromatic heterocycles. The number of β-lactam (4-membered cyclic amide) rings is 1. The second-order valence-electron chi connectivity index (χ2n) is 8.28. The molecule has 1 fully saturated rings. The number of nitrogens with zero attached hydrogens (tertiary/aromatic N) is 3. The van der Waals surface area contributed by atoms with Gasteiger partial charge in [-0.05, 0) is 32.9 Å². The van der Waals surface area contributed by atoms with E-state index in [1.54, 1.807) is 20.8 Å². The average Bonchev–Trinajstić information content (AvgIpc) is 2.75. The molecular weight excluding hydrogens is 452 g/mol. The van der Waals surface area contributed by atoms with E-state index in [4.69, 9.17) is 9.47 Å². The molecule has 0 unspecified atom stereocenters. The third-order valence-electron chi connectivity index (χ3n) is 4.64. The van der Waals surface area contributed by atoms with E-state index in [9.17, 15) is 24.4 Å². The summed E-state index contributed by atoms with van der Waals surface area (Å²) in [5.41, 5.74) is -0.315. The molecule has 176 valence electrons. The summed E-state index contributed by atoms with van der Waals surface area (Å²) >= 11 is 1.30. The van der Waals surface area contributed by atoms with Crippen LogP contribution < -0.4 is 5.32 Å². The number of amides is 2.